The molecule has 1 amide bonds. The van der Waals surface area contributed by atoms with Gasteiger partial charge in [-0.1, -0.05) is 72.1 Å². The number of carbonyl (C=O) groups is 2. The van der Waals surface area contributed by atoms with Crippen LogP contribution in [0.4, 0.5) is 0 Å². The molecule has 3 aromatic rings. The van der Waals surface area contributed by atoms with Crippen LogP contribution in [-0.4, -0.2) is 28.0 Å². The highest BCUT2D eigenvalue weighted by Gasteiger charge is 2.45. The molecule has 0 saturated carbocycles. The number of carboxylic acids is 1. The van der Waals surface area contributed by atoms with Gasteiger partial charge in [-0.05, 0) is 66.8 Å². The zero-order valence-corrected chi connectivity index (χ0v) is 22.0. The number of hydrogen-bond donors (Lipinski definition) is 2. The molecule has 2 heterocycles. The van der Waals surface area contributed by atoms with Crippen molar-refractivity contribution in [1.82, 2.24) is 10.3 Å². The summed E-state index contributed by atoms with van der Waals surface area (Å²) in [7, 11) is 0. The highest BCUT2D eigenvalue weighted by molar-refractivity contribution is 6.31. The van der Waals surface area contributed by atoms with Gasteiger partial charge in [-0.2, -0.15) is 0 Å². The third-order valence-corrected chi connectivity index (χ3v) is 7.67. The van der Waals surface area contributed by atoms with Crippen LogP contribution in [0, 0.1) is 5.41 Å². The Hall–Kier alpha value is -2.60. The highest BCUT2D eigenvalue weighted by Crippen LogP contribution is 2.43. The zero-order valence-electron chi connectivity index (χ0n) is 19.8. The molecule has 1 fully saturated rings. The SMILES string of the molecule is C[C@@]1(CC(=O)O)C[C@H](c2cccc(Cl)c2)[C@H](CC[C@@H](c2ccc(Cl)cc2)c2cccc(Cl)n2)NC1=O. The largest absolute Gasteiger partial charge is 0.481 e. The molecule has 1 saturated heterocycles. The van der Waals surface area contributed by atoms with E-state index in [1.165, 1.54) is 0 Å². The molecule has 2 N–H and O–H groups in total. The second-order valence-corrected chi connectivity index (χ2v) is 10.9. The van der Waals surface area contributed by atoms with E-state index in [1.807, 2.05) is 54.6 Å². The third kappa shape index (κ3) is 6.20. The van der Waals surface area contributed by atoms with Gasteiger partial charge >= 0.3 is 5.97 Å². The normalized spacial score (nSPS) is 22.6. The Labute approximate surface area is 225 Å². The lowest BCUT2D eigenvalue weighted by atomic mass is 9.68. The lowest BCUT2D eigenvalue weighted by Crippen LogP contribution is -2.54. The van der Waals surface area contributed by atoms with E-state index in [2.05, 4.69) is 10.3 Å². The van der Waals surface area contributed by atoms with Gasteiger partial charge in [-0.25, -0.2) is 4.98 Å². The van der Waals surface area contributed by atoms with Crippen LogP contribution in [0.2, 0.25) is 15.2 Å². The number of pyridine rings is 1. The van der Waals surface area contributed by atoms with Crippen molar-refractivity contribution in [3.63, 3.8) is 0 Å². The first-order valence-electron chi connectivity index (χ1n) is 11.8. The molecule has 188 valence electrons. The van der Waals surface area contributed by atoms with Crippen LogP contribution in [0.5, 0.6) is 0 Å². The summed E-state index contributed by atoms with van der Waals surface area (Å²) < 4.78 is 0. The minimum absolute atomic E-state index is 0.0646. The van der Waals surface area contributed by atoms with E-state index >= 15 is 0 Å². The molecule has 0 aliphatic carbocycles. The number of benzene rings is 2. The van der Waals surface area contributed by atoms with Crippen molar-refractivity contribution >= 4 is 46.7 Å². The number of halogens is 3. The Morgan fingerprint density at radius 3 is 2.47 bits per heavy atom. The predicted octanol–water partition coefficient (Wildman–Crippen LogP) is 7.11. The average molecular weight is 546 g/mol. The molecule has 1 aromatic heterocycles. The van der Waals surface area contributed by atoms with E-state index in [9.17, 15) is 14.7 Å². The number of piperidine rings is 1. The summed E-state index contributed by atoms with van der Waals surface area (Å²) in [6, 6.07) is 20.6. The van der Waals surface area contributed by atoms with Gasteiger partial charge in [-0.15, -0.1) is 0 Å². The topological polar surface area (TPSA) is 79.3 Å². The molecule has 0 radical (unpaired) electrons. The molecule has 0 spiro atoms. The number of carboxylic acid groups (broad SMARTS) is 1. The maximum atomic E-state index is 13.1. The third-order valence-electron chi connectivity index (χ3n) is 6.97. The van der Waals surface area contributed by atoms with Gasteiger partial charge in [0.25, 0.3) is 0 Å². The van der Waals surface area contributed by atoms with E-state index in [0.717, 1.165) is 16.8 Å². The van der Waals surface area contributed by atoms with Crippen LogP contribution >= 0.6 is 34.8 Å². The average Bonchev–Trinajstić information content (AvgIpc) is 2.82. The van der Waals surface area contributed by atoms with Crippen molar-refractivity contribution < 1.29 is 14.7 Å². The fraction of sp³-hybridized carbons (Fsp3) is 0.321. The number of nitrogens with one attached hydrogen (secondary N) is 1. The van der Waals surface area contributed by atoms with Crippen molar-refractivity contribution in [1.29, 1.82) is 0 Å². The van der Waals surface area contributed by atoms with E-state index in [1.54, 1.807) is 19.1 Å². The zero-order chi connectivity index (χ0) is 25.9. The van der Waals surface area contributed by atoms with Gasteiger partial charge in [-0.3, -0.25) is 9.59 Å². The Morgan fingerprint density at radius 2 is 1.81 bits per heavy atom. The first kappa shape index (κ1) is 26.5. The summed E-state index contributed by atoms with van der Waals surface area (Å²) in [5, 5.41) is 14.3. The highest BCUT2D eigenvalue weighted by atomic mass is 35.5. The van der Waals surface area contributed by atoms with E-state index in [-0.39, 0.29) is 30.2 Å². The molecule has 1 aliphatic rings. The van der Waals surface area contributed by atoms with E-state index < -0.39 is 11.4 Å². The molecule has 0 bridgehead atoms. The van der Waals surface area contributed by atoms with Gasteiger partial charge in [0.05, 0.1) is 11.8 Å². The summed E-state index contributed by atoms with van der Waals surface area (Å²) in [5.74, 6) is -1.39. The van der Waals surface area contributed by atoms with Crippen LogP contribution in [0.25, 0.3) is 0 Å². The minimum atomic E-state index is -1.01. The summed E-state index contributed by atoms with van der Waals surface area (Å²) >= 11 is 18.6. The quantitative estimate of drug-likeness (QED) is 0.296. The smallest absolute Gasteiger partial charge is 0.304 e. The molecule has 36 heavy (non-hydrogen) atoms. The number of aromatic nitrogens is 1. The van der Waals surface area contributed by atoms with Crippen LogP contribution in [0.3, 0.4) is 0 Å². The summed E-state index contributed by atoms with van der Waals surface area (Å²) in [6.07, 6.45) is 1.51. The molecule has 8 heteroatoms. The molecule has 5 nitrogen and oxygen atoms in total. The fourth-order valence-corrected chi connectivity index (χ4v) is 5.65. The molecule has 0 unspecified atom stereocenters. The Balaban J connectivity index is 1.65. The lowest BCUT2D eigenvalue weighted by molar-refractivity contribution is -0.147. The lowest BCUT2D eigenvalue weighted by Gasteiger charge is -2.42. The maximum Gasteiger partial charge on any atom is 0.304 e. The van der Waals surface area contributed by atoms with Gasteiger partial charge in [0.15, 0.2) is 0 Å². The summed E-state index contributed by atoms with van der Waals surface area (Å²) in [6.45, 7) is 1.72. The monoisotopic (exact) mass is 544 g/mol. The Kier molecular flexibility index (Phi) is 8.23. The summed E-state index contributed by atoms with van der Waals surface area (Å²) in [4.78, 5) is 29.2. The van der Waals surface area contributed by atoms with Crippen molar-refractivity contribution in [2.75, 3.05) is 0 Å². The second kappa shape index (κ2) is 11.2. The van der Waals surface area contributed by atoms with Crippen molar-refractivity contribution in [3.05, 3.63) is 98.7 Å². The number of hydrogen-bond acceptors (Lipinski definition) is 3. The number of carbonyl (C=O) groups excluding carboxylic acids is 1. The number of nitrogens with zero attached hydrogens (tertiary/aromatic N) is 1. The molecular weight excluding hydrogens is 519 g/mol. The number of amides is 1. The van der Waals surface area contributed by atoms with Gasteiger partial charge < -0.3 is 10.4 Å². The number of rotatable bonds is 8. The second-order valence-electron chi connectivity index (χ2n) is 9.64. The Bertz CT molecular complexity index is 1250. The van der Waals surface area contributed by atoms with Crippen LogP contribution in [-0.2, 0) is 9.59 Å². The molecule has 4 rings (SSSR count). The van der Waals surface area contributed by atoms with E-state index in [4.69, 9.17) is 34.8 Å². The fourth-order valence-electron chi connectivity index (χ4n) is 5.16. The molecule has 4 atom stereocenters. The summed E-state index contributed by atoms with van der Waals surface area (Å²) in [5.41, 5.74) is 1.85. The van der Waals surface area contributed by atoms with Crippen molar-refractivity contribution in [2.45, 2.75) is 50.5 Å². The van der Waals surface area contributed by atoms with Crippen LogP contribution < -0.4 is 5.32 Å². The Morgan fingerprint density at radius 1 is 1.08 bits per heavy atom. The first-order chi connectivity index (χ1) is 17.1. The van der Waals surface area contributed by atoms with Crippen molar-refractivity contribution in [2.24, 2.45) is 5.41 Å². The first-order valence-corrected chi connectivity index (χ1v) is 12.9. The number of aliphatic carboxylic acids is 1. The van der Waals surface area contributed by atoms with Crippen molar-refractivity contribution in [3.8, 4) is 0 Å². The molecule has 2 aromatic carbocycles. The van der Waals surface area contributed by atoms with E-state index in [0.29, 0.717) is 34.5 Å². The van der Waals surface area contributed by atoms with Crippen LogP contribution in [0.15, 0.2) is 66.7 Å². The molecule has 1 aliphatic heterocycles. The van der Waals surface area contributed by atoms with Gasteiger partial charge in [0.2, 0.25) is 5.91 Å². The van der Waals surface area contributed by atoms with Gasteiger partial charge in [0, 0.05) is 33.6 Å². The predicted molar refractivity (Wildman–Crippen MR) is 143 cm³/mol. The molecular formula is C28H27Cl3N2O3. The standard InChI is InChI=1S/C28H27Cl3N2O3/c1-28(16-26(34)35)15-22(18-4-2-5-20(30)14-18)24(33-27(28)36)13-12-21(17-8-10-19(29)11-9-17)23-6-3-7-25(31)32-23/h2-11,14,21-22,24H,12-13,15-16H2,1H3,(H,33,36)(H,34,35)/t21-,22+,24-,28-/m0/s1. The minimum Gasteiger partial charge on any atom is -0.481 e. The maximum absolute atomic E-state index is 13.1. The van der Waals surface area contributed by atoms with Crippen LogP contribution in [0.1, 0.15) is 61.3 Å². The van der Waals surface area contributed by atoms with Gasteiger partial charge in [0.1, 0.15) is 5.15 Å².